The van der Waals surface area contributed by atoms with Crippen LogP contribution in [0.25, 0.3) is 5.65 Å². The summed E-state index contributed by atoms with van der Waals surface area (Å²) in [5, 5.41) is 5.28. The summed E-state index contributed by atoms with van der Waals surface area (Å²) in [5.74, 6) is 2.43. The smallest absolute Gasteiger partial charge is 0.231 e. The standard InChI is InChI=1S/C23H25N5O2S/c1-16-13-24-28-21(16)25-22(31-4)26-23(28)27(14-17-5-9-19(29-2)10-6-17)15-18-7-11-20(30-3)12-8-18/h5-13H,14-15H2,1-4H3. The summed E-state index contributed by atoms with van der Waals surface area (Å²) in [7, 11) is 3.35. The van der Waals surface area contributed by atoms with Crippen LogP contribution in [-0.2, 0) is 13.1 Å². The summed E-state index contributed by atoms with van der Waals surface area (Å²) >= 11 is 1.53. The molecule has 0 unspecified atom stereocenters. The number of nitrogens with zero attached hydrogens (tertiary/aromatic N) is 5. The monoisotopic (exact) mass is 435 g/mol. The first-order chi connectivity index (χ1) is 15.1. The van der Waals surface area contributed by atoms with Gasteiger partial charge in [0.05, 0.1) is 20.4 Å². The third kappa shape index (κ3) is 4.59. The average Bonchev–Trinajstić information content (AvgIpc) is 3.19. The van der Waals surface area contributed by atoms with Gasteiger partial charge in [-0.15, -0.1) is 0 Å². The summed E-state index contributed by atoms with van der Waals surface area (Å²) < 4.78 is 12.4. The molecule has 0 atom stereocenters. The molecule has 160 valence electrons. The van der Waals surface area contributed by atoms with Crippen molar-refractivity contribution in [2.75, 3.05) is 25.4 Å². The Hall–Kier alpha value is -3.26. The second-order valence-electron chi connectivity index (χ2n) is 7.13. The van der Waals surface area contributed by atoms with E-state index in [0.29, 0.717) is 13.1 Å². The van der Waals surface area contributed by atoms with Gasteiger partial charge < -0.3 is 14.4 Å². The minimum Gasteiger partial charge on any atom is -0.497 e. The van der Waals surface area contributed by atoms with Gasteiger partial charge in [0.15, 0.2) is 10.8 Å². The van der Waals surface area contributed by atoms with Gasteiger partial charge in [-0.05, 0) is 48.6 Å². The second-order valence-corrected chi connectivity index (χ2v) is 7.90. The van der Waals surface area contributed by atoms with E-state index < -0.39 is 0 Å². The molecule has 2 aromatic carbocycles. The topological polar surface area (TPSA) is 64.8 Å². The number of benzene rings is 2. The zero-order valence-corrected chi connectivity index (χ0v) is 18.9. The van der Waals surface area contributed by atoms with Gasteiger partial charge in [-0.1, -0.05) is 36.0 Å². The zero-order chi connectivity index (χ0) is 21.8. The average molecular weight is 436 g/mol. The van der Waals surface area contributed by atoms with Crippen molar-refractivity contribution < 1.29 is 9.47 Å². The van der Waals surface area contributed by atoms with Crippen LogP contribution in [0.4, 0.5) is 5.95 Å². The van der Waals surface area contributed by atoms with E-state index in [0.717, 1.165) is 44.9 Å². The van der Waals surface area contributed by atoms with E-state index in [1.165, 1.54) is 11.8 Å². The van der Waals surface area contributed by atoms with Crippen molar-refractivity contribution in [1.82, 2.24) is 19.6 Å². The van der Waals surface area contributed by atoms with E-state index in [2.05, 4.69) is 39.2 Å². The first kappa shape index (κ1) is 21.0. The van der Waals surface area contributed by atoms with Crippen LogP contribution in [0.1, 0.15) is 16.7 Å². The number of anilines is 1. The molecule has 0 radical (unpaired) electrons. The molecule has 0 aliphatic heterocycles. The molecule has 0 amide bonds. The lowest BCUT2D eigenvalue weighted by Crippen LogP contribution is -2.26. The highest BCUT2D eigenvalue weighted by Crippen LogP contribution is 2.24. The normalized spacial score (nSPS) is 11.0. The molecule has 7 nitrogen and oxygen atoms in total. The maximum Gasteiger partial charge on any atom is 0.231 e. The van der Waals surface area contributed by atoms with Crippen LogP contribution in [0.2, 0.25) is 0 Å². The van der Waals surface area contributed by atoms with Crippen LogP contribution < -0.4 is 14.4 Å². The highest BCUT2D eigenvalue weighted by Gasteiger charge is 2.18. The molecule has 31 heavy (non-hydrogen) atoms. The Kier molecular flexibility index (Phi) is 6.27. The SMILES string of the molecule is COc1ccc(CN(Cc2ccc(OC)cc2)c2nc(SC)nc3c(C)cnn23)cc1. The molecule has 0 fully saturated rings. The molecular weight excluding hydrogens is 410 g/mol. The highest BCUT2D eigenvalue weighted by molar-refractivity contribution is 7.98. The van der Waals surface area contributed by atoms with Crippen molar-refractivity contribution in [3.05, 3.63) is 71.4 Å². The van der Waals surface area contributed by atoms with Crippen LogP contribution in [0.3, 0.4) is 0 Å². The summed E-state index contributed by atoms with van der Waals surface area (Å²) in [5.41, 5.74) is 4.14. The predicted octanol–water partition coefficient (Wildman–Crippen LogP) is 4.38. The molecular formula is C23H25N5O2S. The van der Waals surface area contributed by atoms with Crippen LogP contribution in [0, 0.1) is 6.92 Å². The lowest BCUT2D eigenvalue weighted by molar-refractivity contribution is 0.414. The van der Waals surface area contributed by atoms with Crippen molar-refractivity contribution >= 4 is 23.4 Å². The lowest BCUT2D eigenvalue weighted by Gasteiger charge is -2.25. The van der Waals surface area contributed by atoms with Gasteiger partial charge >= 0.3 is 0 Å². The Bertz CT molecular complexity index is 1110. The van der Waals surface area contributed by atoms with E-state index in [1.54, 1.807) is 14.2 Å². The summed E-state index contributed by atoms with van der Waals surface area (Å²) in [6.45, 7) is 3.34. The Morgan fingerprint density at radius 3 is 1.90 bits per heavy atom. The number of hydrogen-bond donors (Lipinski definition) is 0. The first-order valence-electron chi connectivity index (χ1n) is 9.88. The minimum absolute atomic E-state index is 0.662. The lowest BCUT2D eigenvalue weighted by atomic mass is 10.1. The number of fused-ring (bicyclic) bond motifs is 1. The molecule has 0 bridgehead atoms. The van der Waals surface area contributed by atoms with Crippen molar-refractivity contribution in [1.29, 1.82) is 0 Å². The molecule has 2 heterocycles. The van der Waals surface area contributed by atoms with Crippen molar-refractivity contribution in [2.45, 2.75) is 25.2 Å². The minimum atomic E-state index is 0.662. The van der Waals surface area contributed by atoms with Crippen molar-refractivity contribution in [2.24, 2.45) is 0 Å². The quantitative estimate of drug-likeness (QED) is 0.381. The van der Waals surface area contributed by atoms with Gasteiger partial charge in [0.2, 0.25) is 5.95 Å². The molecule has 2 aromatic heterocycles. The molecule has 4 rings (SSSR count). The molecule has 0 N–H and O–H groups in total. The highest BCUT2D eigenvalue weighted by atomic mass is 32.2. The van der Waals surface area contributed by atoms with E-state index in [-0.39, 0.29) is 0 Å². The maximum atomic E-state index is 5.30. The molecule has 0 spiro atoms. The summed E-state index contributed by atoms with van der Waals surface area (Å²) in [6, 6.07) is 16.2. The Morgan fingerprint density at radius 1 is 0.871 bits per heavy atom. The van der Waals surface area contributed by atoms with Gasteiger partial charge in [-0.25, -0.2) is 4.98 Å². The van der Waals surface area contributed by atoms with E-state index in [1.807, 2.05) is 48.2 Å². The molecule has 4 aromatic rings. The van der Waals surface area contributed by atoms with Crippen molar-refractivity contribution in [3.8, 4) is 11.5 Å². The van der Waals surface area contributed by atoms with Gasteiger partial charge in [0, 0.05) is 18.7 Å². The van der Waals surface area contributed by atoms with Gasteiger partial charge in [0.1, 0.15) is 11.5 Å². The number of thioether (sulfide) groups is 1. The van der Waals surface area contributed by atoms with E-state index in [9.17, 15) is 0 Å². The maximum absolute atomic E-state index is 5.30. The molecule has 0 saturated carbocycles. The largest absolute Gasteiger partial charge is 0.497 e. The van der Waals surface area contributed by atoms with Crippen LogP contribution in [0.5, 0.6) is 11.5 Å². The van der Waals surface area contributed by atoms with Crippen LogP contribution in [-0.4, -0.2) is 40.1 Å². The first-order valence-corrected chi connectivity index (χ1v) is 11.1. The van der Waals surface area contributed by atoms with Crippen molar-refractivity contribution in [3.63, 3.8) is 0 Å². The van der Waals surface area contributed by atoms with E-state index >= 15 is 0 Å². The summed E-state index contributed by atoms with van der Waals surface area (Å²) in [6.07, 6.45) is 3.81. The number of ether oxygens (including phenoxy) is 2. The number of aromatic nitrogens is 4. The fourth-order valence-corrected chi connectivity index (χ4v) is 3.70. The Morgan fingerprint density at radius 2 is 1.42 bits per heavy atom. The number of hydrogen-bond acceptors (Lipinski definition) is 7. The fourth-order valence-electron chi connectivity index (χ4n) is 3.35. The van der Waals surface area contributed by atoms with Gasteiger partial charge in [0.25, 0.3) is 0 Å². The van der Waals surface area contributed by atoms with Crippen LogP contribution in [0.15, 0.2) is 59.9 Å². The van der Waals surface area contributed by atoms with Gasteiger partial charge in [-0.3, -0.25) is 0 Å². The summed E-state index contributed by atoms with van der Waals surface area (Å²) in [4.78, 5) is 11.7. The molecule has 0 saturated heterocycles. The van der Waals surface area contributed by atoms with Gasteiger partial charge in [-0.2, -0.15) is 14.6 Å². The van der Waals surface area contributed by atoms with E-state index in [4.69, 9.17) is 14.5 Å². The predicted molar refractivity (Wildman–Crippen MR) is 123 cm³/mol. The second kappa shape index (κ2) is 9.26. The molecule has 8 heteroatoms. The zero-order valence-electron chi connectivity index (χ0n) is 18.1. The van der Waals surface area contributed by atoms with Crippen LogP contribution >= 0.6 is 11.8 Å². The Labute approximate surface area is 186 Å². The Balaban J connectivity index is 1.76. The third-order valence-electron chi connectivity index (χ3n) is 5.04. The number of methoxy groups -OCH3 is 2. The molecule has 0 aliphatic rings. The molecule has 0 aliphatic carbocycles. The third-order valence-corrected chi connectivity index (χ3v) is 5.58. The number of rotatable bonds is 8. The fraction of sp³-hybridized carbons (Fsp3) is 0.261. The number of aryl methyl sites for hydroxylation is 1.